The van der Waals surface area contributed by atoms with E-state index in [0.717, 1.165) is 17.3 Å². The molecule has 0 radical (unpaired) electrons. The summed E-state index contributed by atoms with van der Waals surface area (Å²) in [5.41, 5.74) is 2.11. The van der Waals surface area contributed by atoms with Crippen molar-refractivity contribution in [2.24, 2.45) is 0 Å². The molecule has 1 N–H and O–H groups in total. The first-order valence-electron chi connectivity index (χ1n) is 13.8. The first-order valence-corrected chi connectivity index (χ1v) is 17.5. The van der Waals surface area contributed by atoms with E-state index in [1.807, 2.05) is 72.3 Å². The van der Waals surface area contributed by atoms with E-state index >= 15 is 0 Å². The van der Waals surface area contributed by atoms with Crippen LogP contribution in [0.5, 0.6) is 11.5 Å². The molecule has 0 bridgehead atoms. The first-order chi connectivity index (χ1) is 19.2. The molecule has 2 aromatic carbocycles. The Morgan fingerprint density at radius 2 is 1.73 bits per heavy atom. The average molecular weight is 560 g/mol. The highest BCUT2D eigenvalue weighted by atomic mass is 28.3. The van der Waals surface area contributed by atoms with Crippen molar-refractivity contribution >= 4 is 24.8 Å². The Labute approximate surface area is 235 Å². The number of benzene rings is 2. The zero-order chi connectivity index (χ0) is 28.3. The van der Waals surface area contributed by atoms with Crippen LogP contribution in [0.2, 0.25) is 25.7 Å². The number of nitrogens with one attached hydrogen (secondary N) is 1. The van der Waals surface area contributed by atoms with Gasteiger partial charge < -0.3 is 28.7 Å². The molecule has 1 saturated heterocycles. The van der Waals surface area contributed by atoms with Crippen molar-refractivity contribution in [3.8, 4) is 22.6 Å². The molecule has 3 heterocycles. The van der Waals surface area contributed by atoms with Crippen LogP contribution >= 0.6 is 0 Å². The number of ether oxygens (including phenoxy) is 3. The van der Waals surface area contributed by atoms with E-state index in [9.17, 15) is 9.59 Å². The number of hydrogen-bond donors (Lipinski definition) is 1. The fraction of sp³-hybridized carbons (Fsp3) is 0.355. The van der Waals surface area contributed by atoms with Gasteiger partial charge in [-0.1, -0.05) is 56.0 Å². The van der Waals surface area contributed by atoms with Gasteiger partial charge in [-0.05, 0) is 31.2 Å². The Morgan fingerprint density at radius 1 is 1.02 bits per heavy atom. The van der Waals surface area contributed by atoms with E-state index in [4.69, 9.17) is 14.2 Å². The molecule has 0 spiro atoms. The minimum Gasteiger partial charge on any atom is -0.457 e. The van der Waals surface area contributed by atoms with Crippen molar-refractivity contribution < 1.29 is 19.0 Å². The maximum absolute atomic E-state index is 13.9. The highest BCUT2D eigenvalue weighted by Crippen LogP contribution is 2.39. The Hall–Kier alpha value is -3.66. The number of aromatic amines is 1. The topological polar surface area (TPSA) is 85.8 Å². The number of aromatic nitrogens is 2. The van der Waals surface area contributed by atoms with Crippen LogP contribution in [0.4, 0.5) is 0 Å². The van der Waals surface area contributed by atoms with Crippen molar-refractivity contribution in [3.05, 3.63) is 82.5 Å². The zero-order valence-corrected chi connectivity index (χ0v) is 24.7. The number of aryl methyl sites for hydroxylation is 1. The van der Waals surface area contributed by atoms with Gasteiger partial charge in [-0.2, -0.15) is 0 Å². The quantitative estimate of drug-likeness (QED) is 0.204. The minimum atomic E-state index is -1.23. The van der Waals surface area contributed by atoms with Gasteiger partial charge in [-0.3, -0.25) is 9.59 Å². The molecule has 1 amide bonds. The van der Waals surface area contributed by atoms with Gasteiger partial charge in [0.25, 0.3) is 11.5 Å². The lowest BCUT2D eigenvalue weighted by Gasteiger charge is -2.27. The van der Waals surface area contributed by atoms with Crippen LogP contribution in [0.15, 0.2) is 65.6 Å². The van der Waals surface area contributed by atoms with Crippen LogP contribution in [0, 0.1) is 6.92 Å². The second-order valence-corrected chi connectivity index (χ2v) is 17.0. The van der Waals surface area contributed by atoms with Gasteiger partial charge in [-0.25, -0.2) is 0 Å². The van der Waals surface area contributed by atoms with E-state index in [1.54, 1.807) is 4.90 Å². The molecule has 1 aliphatic rings. The van der Waals surface area contributed by atoms with Crippen molar-refractivity contribution in [1.82, 2.24) is 14.5 Å². The van der Waals surface area contributed by atoms with Gasteiger partial charge in [0.2, 0.25) is 0 Å². The molecule has 0 atom stereocenters. The van der Waals surface area contributed by atoms with E-state index in [1.165, 1.54) is 0 Å². The summed E-state index contributed by atoms with van der Waals surface area (Å²) in [5.74, 6) is 1.04. The number of fused-ring (bicyclic) bond motifs is 1. The largest absolute Gasteiger partial charge is 0.457 e. The predicted octanol–water partition coefficient (Wildman–Crippen LogP) is 5.88. The first kappa shape index (κ1) is 27.9. The van der Waals surface area contributed by atoms with Crippen molar-refractivity contribution in [1.29, 1.82) is 0 Å². The molecule has 9 heteroatoms. The second kappa shape index (κ2) is 11.8. The maximum Gasteiger partial charge on any atom is 0.271 e. The van der Waals surface area contributed by atoms with Gasteiger partial charge in [-0.15, -0.1) is 0 Å². The van der Waals surface area contributed by atoms with Gasteiger partial charge in [0, 0.05) is 56.2 Å². The number of morpholine rings is 1. The van der Waals surface area contributed by atoms with E-state index in [-0.39, 0.29) is 17.2 Å². The van der Waals surface area contributed by atoms with Crippen LogP contribution in [0.3, 0.4) is 0 Å². The molecular weight excluding hydrogens is 522 g/mol. The van der Waals surface area contributed by atoms with Crippen LogP contribution in [-0.2, 0) is 16.2 Å². The summed E-state index contributed by atoms with van der Waals surface area (Å²) in [4.78, 5) is 32.1. The van der Waals surface area contributed by atoms with Crippen molar-refractivity contribution in [3.63, 3.8) is 0 Å². The zero-order valence-electron chi connectivity index (χ0n) is 23.7. The number of pyridine rings is 1. The van der Waals surface area contributed by atoms with Crippen LogP contribution in [0.25, 0.3) is 21.9 Å². The summed E-state index contributed by atoms with van der Waals surface area (Å²) in [6.07, 6.45) is 1.93. The highest BCUT2D eigenvalue weighted by Gasteiger charge is 2.28. The summed E-state index contributed by atoms with van der Waals surface area (Å²) >= 11 is 0. The number of H-pyrrole nitrogens is 1. The normalized spacial score (nSPS) is 14.1. The molecular formula is C31H37N3O5Si. The van der Waals surface area contributed by atoms with Gasteiger partial charge in [0.15, 0.2) is 0 Å². The van der Waals surface area contributed by atoms with Crippen molar-refractivity contribution in [2.75, 3.05) is 32.9 Å². The van der Waals surface area contributed by atoms with Gasteiger partial charge in [0.05, 0.1) is 18.6 Å². The minimum absolute atomic E-state index is 0.233. The summed E-state index contributed by atoms with van der Waals surface area (Å²) in [5, 5.41) is 1.23. The molecule has 0 aliphatic carbocycles. The lowest BCUT2D eigenvalue weighted by Crippen LogP contribution is -2.41. The van der Waals surface area contributed by atoms with E-state index in [2.05, 4.69) is 24.6 Å². The fourth-order valence-corrected chi connectivity index (χ4v) is 5.68. The number of amides is 1. The highest BCUT2D eigenvalue weighted by molar-refractivity contribution is 6.76. The van der Waals surface area contributed by atoms with Gasteiger partial charge in [0.1, 0.15) is 23.9 Å². The molecule has 4 aromatic rings. The Morgan fingerprint density at radius 3 is 2.45 bits per heavy atom. The second-order valence-electron chi connectivity index (χ2n) is 11.3. The molecule has 5 rings (SSSR count). The summed E-state index contributed by atoms with van der Waals surface area (Å²) in [6.45, 7) is 11.7. The van der Waals surface area contributed by atoms with Crippen LogP contribution < -0.4 is 10.3 Å². The molecule has 8 nitrogen and oxygen atoms in total. The third-order valence-corrected chi connectivity index (χ3v) is 8.90. The molecule has 40 heavy (non-hydrogen) atoms. The third kappa shape index (κ3) is 6.06. The van der Waals surface area contributed by atoms with Gasteiger partial charge >= 0.3 is 0 Å². The van der Waals surface area contributed by atoms with Crippen LogP contribution in [-0.4, -0.2) is 61.3 Å². The lowest BCUT2D eigenvalue weighted by atomic mass is 9.97. The number of rotatable bonds is 9. The van der Waals surface area contributed by atoms with Crippen LogP contribution in [0.1, 0.15) is 16.2 Å². The average Bonchev–Trinajstić information content (AvgIpc) is 3.28. The number of hydrogen-bond acceptors (Lipinski definition) is 5. The molecule has 2 aromatic heterocycles. The predicted molar refractivity (Wildman–Crippen MR) is 160 cm³/mol. The number of nitrogens with zero attached hydrogens (tertiary/aromatic N) is 2. The fourth-order valence-electron chi connectivity index (χ4n) is 4.92. The molecule has 210 valence electrons. The Kier molecular flexibility index (Phi) is 8.25. The Bertz CT molecular complexity index is 1550. The molecule has 0 unspecified atom stereocenters. The number of carbonyl (C=O) groups is 1. The van der Waals surface area contributed by atoms with E-state index < -0.39 is 8.07 Å². The number of carbonyl (C=O) groups excluding carboxylic acids is 1. The molecule has 1 aliphatic heterocycles. The van der Waals surface area contributed by atoms with E-state index in [0.29, 0.717) is 67.5 Å². The monoisotopic (exact) mass is 559 g/mol. The standard InChI is InChI=1S/C31H37N3O5Si/c1-22-27-25(20-34(22)21-38-18-19-40(2,3)4)28(29(32-30(27)35)31(36)33-14-16-37-17-15-33)24-12-8-9-13-26(24)39-23-10-6-5-7-11-23/h5-13,20H,14-19,21H2,1-4H3,(H,32,35). The number of para-hydroxylation sites is 2. The smallest absolute Gasteiger partial charge is 0.271 e. The third-order valence-electron chi connectivity index (χ3n) is 7.20. The summed E-state index contributed by atoms with van der Waals surface area (Å²) < 4.78 is 19.8. The maximum atomic E-state index is 13.9. The Balaban J connectivity index is 1.64. The molecule has 1 fully saturated rings. The van der Waals surface area contributed by atoms with Crippen molar-refractivity contribution in [2.45, 2.75) is 39.3 Å². The summed E-state index contributed by atoms with van der Waals surface area (Å²) in [6, 6.07) is 18.2. The molecule has 0 saturated carbocycles. The lowest BCUT2D eigenvalue weighted by molar-refractivity contribution is 0.0299. The SMILES string of the molecule is Cc1c2c(=O)[nH]c(C(=O)N3CCOCC3)c(-c3ccccc3Oc3ccccc3)c2cn1COCC[Si](C)(C)C. The summed E-state index contributed by atoms with van der Waals surface area (Å²) in [7, 11) is -1.23.